The minimum atomic E-state index is 0.160. The number of carbonyl (C=O) groups is 1. The smallest absolute Gasteiger partial charge is 0.226 e. The standard InChI is InChI=1S/C14H24N2OS/c1-14(2)7-3-6-11(14)13(17)16-8-4-5-10(9-16)12(15)18/h10-11H,3-9H2,1-2H3,(H2,15,18). The summed E-state index contributed by atoms with van der Waals surface area (Å²) in [4.78, 5) is 15.2. The molecule has 1 saturated heterocycles. The number of nitrogens with two attached hydrogens (primary N) is 1. The van der Waals surface area contributed by atoms with Gasteiger partial charge in [-0.3, -0.25) is 4.79 Å². The third kappa shape index (κ3) is 2.68. The van der Waals surface area contributed by atoms with Gasteiger partial charge in [0.2, 0.25) is 5.91 Å². The van der Waals surface area contributed by atoms with Crippen molar-refractivity contribution >= 4 is 23.1 Å². The van der Waals surface area contributed by atoms with E-state index in [1.807, 2.05) is 4.90 Å². The molecule has 2 aliphatic rings. The Morgan fingerprint density at radius 2 is 2.06 bits per heavy atom. The number of piperidine rings is 1. The van der Waals surface area contributed by atoms with Crippen LogP contribution in [0.15, 0.2) is 0 Å². The van der Waals surface area contributed by atoms with Crippen molar-refractivity contribution in [3.63, 3.8) is 0 Å². The average Bonchev–Trinajstić information content (AvgIpc) is 2.68. The number of nitrogens with zero attached hydrogens (tertiary/aromatic N) is 1. The normalized spacial score (nSPS) is 31.3. The maximum absolute atomic E-state index is 12.6. The van der Waals surface area contributed by atoms with Gasteiger partial charge in [-0.2, -0.15) is 0 Å². The van der Waals surface area contributed by atoms with Crippen LogP contribution in [0.4, 0.5) is 0 Å². The van der Waals surface area contributed by atoms with E-state index in [9.17, 15) is 4.79 Å². The number of thiocarbonyl (C=S) groups is 1. The van der Waals surface area contributed by atoms with Crippen LogP contribution in [-0.4, -0.2) is 28.9 Å². The molecule has 4 heteroatoms. The number of hydrogen-bond donors (Lipinski definition) is 1. The van der Waals surface area contributed by atoms with Crippen LogP contribution in [0.3, 0.4) is 0 Å². The summed E-state index contributed by atoms with van der Waals surface area (Å²) >= 11 is 5.07. The molecule has 18 heavy (non-hydrogen) atoms. The van der Waals surface area contributed by atoms with Crippen molar-refractivity contribution in [2.45, 2.75) is 46.0 Å². The zero-order valence-corrected chi connectivity index (χ0v) is 12.3. The molecule has 1 heterocycles. The molecule has 2 rings (SSSR count). The van der Waals surface area contributed by atoms with Gasteiger partial charge < -0.3 is 10.6 Å². The van der Waals surface area contributed by atoms with Gasteiger partial charge in [0.1, 0.15) is 0 Å². The largest absolute Gasteiger partial charge is 0.393 e. The summed E-state index contributed by atoms with van der Waals surface area (Å²) in [5.41, 5.74) is 5.89. The van der Waals surface area contributed by atoms with Crippen LogP contribution in [0.25, 0.3) is 0 Å². The molecule has 0 aromatic rings. The lowest BCUT2D eigenvalue weighted by molar-refractivity contribution is -0.139. The van der Waals surface area contributed by atoms with Crippen molar-refractivity contribution in [2.24, 2.45) is 23.0 Å². The van der Waals surface area contributed by atoms with Crippen molar-refractivity contribution in [3.05, 3.63) is 0 Å². The van der Waals surface area contributed by atoms with Crippen LogP contribution < -0.4 is 5.73 Å². The molecule has 0 bridgehead atoms. The Balaban J connectivity index is 2.03. The van der Waals surface area contributed by atoms with E-state index in [0.717, 1.165) is 38.8 Å². The van der Waals surface area contributed by atoms with Crippen LogP contribution in [-0.2, 0) is 4.79 Å². The van der Waals surface area contributed by atoms with Crippen LogP contribution in [0.5, 0.6) is 0 Å². The van der Waals surface area contributed by atoms with Crippen LogP contribution in [0.2, 0.25) is 0 Å². The molecule has 0 aromatic heterocycles. The van der Waals surface area contributed by atoms with E-state index in [1.54, 1.807) is 0 Å². The van der Waals surface area contributed by atoms with E-state index in [1.165, 1.54) is 6.42 Å². The van der Waals surface area contributed by atoms with E-state index < -0.39 is 0 Å². The fourth-order valence-corrected chi connectivity index (χ4v) is 3.61. The van der Waals surface area contributed by atoms with Gasteiger partial charge in [0.05, 0.1) is 4.99 Å². The average molecular weight is 268 g/mol. The Morgan fingerprint density at radius 1 is 1.33 bits per heavy atom. The Bertz CT molecular complexity index is 354. The zero-order chi connectivity index (χ0) is 13.3. The highest BCUT2D eigenvalue weighted by Crippen LogP contribution is 2.43. The topological polar surface area (TPSA) is 46.3 Å². The Morgan fingerprint density at radius 3 is 2.61 bits per heavy atom. The maximum Gasteiger partial charge on any atom is 0.226 e. The minimum Gasteiger partial charge on any atom is -0.393 e. The maximum atomic E-state index is 12.6. The molecule has 1 amide bonds. The molecule has 2 N–H and O–H groups in total. The summed E-state index contributed by atoms with van der Waals surface area (Å²) in [7, 11) is 0. The van der Waals surface area contributed by atoms with Gasteiger partial charge in [-0.15, -0.1) is 0 Å². The van der Waals surface area contributed by atoms with Crippen molar-refractivity contribution in [1.82, 2.24) is 4.90 Å². The van der Waals surface area contributed by atoms with E-state index in [-0.39, 0.29) is 17.3 Å². The molecule has 2 unspecified atom stereocenters. The molecular formula is C14H24N2OS. The predicted molar refractivity (Wildman–Crippen MR) is 77.2 cm³/mol. The summed E-state index contributed by atoms with van der Waals surface area (Å²) in [6.45, 7) is 6.06. The number of rotatable bonds is 2. The first-order valence-corrected chi connectivity index (χ1v) is 7.41. The monoisotopic (exact) mass is 268 g/mol. The highest BCUT2D eigenvalue weighted by Gasteiger charge is 2.42. The minimum absolute atomic E-state index is 0.160. The zero-order valence-electron chi connectivity index (χ0n) is 11.4. The second-order valence-electron chi connectivity index (χ2n) is 6.46. The van der Waals surface area contributed by atoms with Gasteiger partial charge in [0.25, 0.3) is 0 Å². The Labute approximate surface area is 115 Å². The third-order valence-electron chi connectivity index (χ3n) is 4.69. The molecule has 0 aromatic carbocycles. The summed E-state index contributed by atoms with van der Waals surface area (Å²) < 4.78 is 0. The lowest BCUT2D eigenvalue weighted by atomic mass is 9.80. The molecule has 1 aliphatic carbocycles. The molecule has 3 nitrogen and oxygen atoms in total. The third-order valence-corrected chi connectivity index (χ3v) is 5.02. The SMILES string of the molecule is CC1(C)CCCC1C(=O)N1CCCC(C(N)=S)C1. The molecule has 2 fully saturated rings. The quantitative estimate of drug-likeness (QED) is 0.782. The lowest BCUT2D eigenvalue weighted by Gasteiger charge is -2.37. The second kappa shape index (κ2) is 5.16. The molecule has 0 spiro atoms. The van der Waals surface area contributed by atoms with Crippen LogP contribution in [0.1, 0.15) is 46.0 Å². The predicted octanol–water partition coefficient (Wildman–Crippen LogP) is 2.34. The first kappa shape index (κ1) is 13.8. The molecule has 102 valence electrons. The Kier molecular flexibility index (Phi) is 3.95. The van der Waals surface area contributed by atoms with Gasteiger partial charge in [-0.25, -0.2) is 0 Å². The fourth-order valence-electron chi connectivity index (χ4n) is 3.41. The van der Waals surface area contributed by atoms with Gasteiger partial charge >= 0.3 is 0 Å². The highest BCUT2D eigenvalue weighted by molar-refractivity contribution is 7.80. The molecule has 0 radical (unpaired) electrons. The van der Waals surface area contributed by atoms with Gasteiger partial charge in [-0.05, 0) is 31.1 Å². The van der Waals surface area contributed by atoms with Gasteiger partial charge in [0.15, 0.2) is 0 Å². The Hall–Kier alpha value is -0.640. The van der Waals surface area contributed by atoms with Gasteiger partial charge in [0, 0.05) is 24.9 Å². The fraction of sp³-hybridized carbons (Fsp3) is 0.857. The number of hydrogen-bond acceptors (Lipinski definition) is 2. The molecule has 2 atom stereocenters. The first-order chi connectivity index (χ1) is 8.42. The van der Waals surface area contributed by atoms with Crippen LogP contribution >= 0.6 is 12.2 Å². The van der Waals surface area contributed by atoms with E-state index in [2.05, 4.69) is 13.8 Å². The van der Waals surface area contributed by atoms with Gasteiger partial charge in [-0.1, -0.05) is 32.5 Å². The molecule has 1 aliphatic heterocycles. The summed E-state index contributed by atoms with van der Waals surface area (Å²) in [6, 6.07) is 0. The van der Waals surface area contributed by atoms with Crippen molar-refractivity contribution in [3.8, 4) is 0 Å². The summed E-state index contributed by atoms with van der Waals surface area (Å²) in [5.74, 6) is 0.753. The summed E-state index contributed by atoms with van der Waals surface area (Å²) in [6.07, 6.45) is 5.44. The second-order valence-corrected chi connectivity index (χ2v) is 6.93. The van der Waals surface area contributed by atoms with E-state index in [4.69, 9.17) is 18.0 Å². The number of carbonyl (C=O) groups excluding carboxylic acids is 1. The molecule has 1 saturated carbocycles. The van der Waals surface area contributed by atoms with Crippen molar-refractivity contribution in [2.75, 3.05) is 13.1 Å². The summed E-state index contributed by atoms with van der Waals surface area (Å²) in [5, 5.41) is 0. The van der Waals surface area contributed by atoms with E-state index in [0.29, 0.717) is 10.9 Å². The first-order valence-electron chi connectivity index (χ1n) is 7.00. The number of likely N-dealkylation sites (tertiary alicyclic amines) is 1. The highest BCUT2D eigenvalue weighted by atomic mass is 32.1. The van der Waals surface area contributed by atoms with Crippen LogP contribution in [0, 0.1) is 17.3 Å². The van der Waals surface area contributed by atoms with Crippen molar-refractivity contribution in [1.29, 1.82) is 0 Å². The number of amides is 1. The molecular weight excluding hydrogens is 244 g/mol. The van der Waals surface area contributed by atoms with E-state index >= 15 is 0 Å². The lowest BCUT2D eigenvalue weighted by Crippen LogP contribution is -2.47. The van der Waals surface area contributed by atoms with Crippen molar-refractivity contribution < 1.29 is 4.79 Å².